The van der Waals surface area contributed by atoms with Crippen molar-refractivity contribution in [3.8, 4) is 5.69 Å². The minimum absolute atomic E-state index is 0.0219. The summed E-state index contributed by atoms with van der Waals surface area (Å²) in [6.45, 7) is 5.15. The standard InChI is InChI=1S/C30H28F4N4O4/c1-29(2,3)36-28(41)42-17-18-8-6-11-21(14-18)38-24(16-25(37-38)30(32,33)34)27(40)35-20-10-7-9-19(15-20)26(39)22-12-4-5-13-23(22)31/h4-16,26,39H,17H2,1-3H3,(H,35,40)(H,36,41). The third-order valence-electron chi connectivity index (χ3n) is 5.89. The summed E-state index contributed by atoms with van der Waals surface area (Å²) in [5, 5.41) is 19.4. The van der Waals surface area contributed by atoms with Crippen molar-refractivity contribution in [3.63, 3.8) is 0 Å². The van der Waals surface area contributed by atoms with Crippen LogP contribution in [0.1, 0.15) is 59.7 Å². The first kappa shape index (κ1) is 30.3. The van der Waals surface area contributed by atoms with E-state index < -0.39 is 47.0 Å². The number of anilines is 1. The fourth-order valence-corrected chi connectivity index (χ4v) is 4.01. The van der Waals surface area contributed by atoms with E-state index in [2.05, 4.69) is 15.7 Å². The van der Waals surface area contributed by atoms with Gasteiger partial charge in [-0.15, -0.1) is 0 Å². The van der Waals surface area contributed by atoms with Crippen LogP contribution < -0.4 is 10.6 Å². The maximum atomic E-state index is 14.2. The number of benzene rings is 3. The van der Waals surface area contributed by atoms with Crippen LogP contribution in [0, 0.1) is 5.82 Å². The number of halogens is 4. The lowest BCUT2D eigenvalue weighted by Crippen LogP contribution is -2.40. The molecule has 8 nitrogen and oxygen atoms in total. The van der Waals surface area contributed by atoms with Crippen molar-refractivity contribution in [3.05, 3.63) is 113 Å². The number of rotatable bonds is 7. The van der Waals surface area contributed by atoms with Gasteiger partial charge in [0.15, 0.2) is 5.69 Å². The van der Waals surface area contributed by atoms with E-state index in [-0.39, 0.29) is 29.1 Å². The third-order valence-corrected chi connectivity index (χ3v) is 5.89. The molecular weight excluding hydrogens is 556 g/mol. The minimum atomic E-state index is -4.84. The maximum Gasteiger partial charge on any atom is 0.435 e. The first-order valence-electron chi connectivity index (χ1n) is 12.8. The van der Waals surface area contributed by atoms with Crippen molar-refractivity contribution in [1.82, 2.24) is 15.1 Å². The van der Waals surface area contributed by atoms with Crippen LogP contribution in [0.5, 0.6) is 0 Å². The molecule has 0 fully saturated rings. The predicted molar refractivity (Wildman–Crippen MR) is 146 cm³/mol. The van der Waals surface area contributed by atoms with E-state index in [1.54, 1.807) is 32.9 Å². The van der Waals surface area contributed by atoms with Gasteiger partial charge in [0.2, 0.25) is 0 Å². The van der Waals surface area contributed by atoms with Crippen LogP contribution in [-0.2, 0) is 17.5 Å². The zero-order chi connectivity index (χ0) is 30.7. The van der Waals surface area contributed by atoms with Crippen molar-refractivity contribution in [2.75, 3.05) is 5.32 Å². The summed E-state index contributed by atoms with van der Waals surface area (Å²) in [5.74, 6) is -1.53. The van der Waals surface area contributed by atoms with Crippen molar-refractivity contribution in [2.45, 2.75) is 45.2 Å². The molecule has 2 amide bonds. The van der Waals surface area contributed by atoms with E-state index in [1.165, 1.54) is 60.7 Å². The lowest BCUT2D eigenvalue weighted by molar-refractivity contribution is -0.141. The Labute approximate surface area is 238 Å². The molecule has 4 rings (SSSR count). The quantitative estimate of drug-likeness (QED) is 0.219. The van der Waals surface area contributed by atoms with Gasteiger partial charge in [-0.3, -0.25) is 4.79 Å². The molecule has 3 N–H and O–H groups in total. The SMILES string of the molecule is CC(C)(C)NC(=O)OCc1cccc(-n2nc(C(F)(F)F)cc2C(=O)Nc2cccc(C(O)c3ccccc3F)c2)c1. The molecule has 3 aromatic carbocycles. The predicted octanol–water partition coefficient (Wildman–Crippen LogP) is 6.39. The molecule has 42 heavy (non-hydrogen) atoms. The Hall–Kier alpha value is -4.71. The Kier molecular flexibility index (Phi) is 8.67. The lowest BCUT2D eigenvalue weighted by Gasteiger charge is -2.20. The van der Waals surface area contributed by atoms with E-state index in [4.69, 9.17) is 4.74 Å². The van der Waals surface area contributed by atoms with E-state index >= 15 is 0 Å². The zero-order valence-corrected chi connectivity index (χ0v) is 22.9. The van der Waals surface area contributed by atoms with E-state index in [9.17, 15) is 32.3 Å². The van der Waals surface area contributed by atoms with Gasteiger partial charge >= 0.3 is 12.3 Å². The number of amides is 2. The van der Waals surface area contributed by atoms with Crippen LogP contribution >= 0.6 is 0 Å². The Morgan fingerprint density at radius 3 is 2.38 bits per heavy atom. The molecule has 0 aliphatic carbocycles. The summed E-state index contributed by atoms with van der Waals surface area (Å²) in [7, 11) is 0. The van der Waals surface area contributed by atoms with Crippen LogP contribution in [-0.4, -0.2) is 32.4 Å². The largest absolute Gasteiger partial charge is 0.445 e. The summed E-state index contributed by atoms with van der Waals surface area (Å²) in [6, 6.07) is 18.2. The Morgan fingerprint density at radius 1 is 0.976 bits per heavy atom. The first-order valence-corrected chi connectivity index (χ1v) is 12.8. The molecule has 0 saturated heterocycles. The normalized spacial score (nSPS) is 12.5. The summed E-state index contributed by atoms with van der Waals surface area (Å²) in [4.78, 5) is 25.3. The van der Waals surface area contributed by atoms with Gasteiger partial charge in [-0.05, 0) is 62.2 Å². The topological polar surface area (TPSA) is 105 Å². The molecule has 1 heterocycles. The molecule has 0 aliphatic heterocycles. The number of nitrogens with one attached hydrogen (secondary N) is 2. The van der Waals surface area contributed by atoms with E-state index in [0.29, 0.717) is 11.6 Å². The fourth-order valence-electron chi connectivity index (χ4n) is 4.01. The number of aromatic nitrogens is 2. The molecule has 4 aromatic rings. The highest BCUT2D eigenvalue weighted by molar-refractivity contribution is 6.03. The van der Waals surface area contributed by atoms with Gasteiger partial charge in [-0.1, -0.05) is 42.5 Å². The molecular formula is C30H28F4N4O4. The smallest absolute Gasteiger partial charge is 0.435 e. The van der Waals surface area contributed by atoms with Crippen LogP contribution in [0.2, 0.25) is 0 Å². The van der Waals surface area contributed by atoms with Gasteiger partial charge in [-0.2, -0.15) is 18.3 Å². The Bertz CT molecular complexity index is 1590. The van der Waals surface area contributed by atoms with E-state index in [1.807, 2.05) is 0 Å². The molecule has 12 heteroatoms. The second-order valence-corrected chi connectivity index (χ2v) is 10.4. The molecule has 220 valence electrons. The molecule has 0 radical (unpaired) electrons. The maximum absolute atomic E-state index is 14.2. The molecule has 0 aliphatic rings. The number of hydrogen-bond acceptors (Lipinski definition) is 5. The lowest BCUT2D eigenvalue weighted by atomic mass is 10.0. The van der Waals surface area contributed by atoms with Gasteiger partial charge in [0.25, 0.3) is 5.91 Å². The van der Waals surface area contributed by atoms with Gasteiger partial charge < -0.3 is 20.5 Å². The summed E-state index contributed by atoms with van der Waals surface area (Å²) in [6.07, 6.45) is -6.86. The minimum Gasteiger partial charge on any atom is -0.445 e. The summed E-state index contributed by atoms with van der Waals surface area (Å²) < 4.78 is 61.1. The monoisotopic (exact) mass is 584 g/mol. The van der Waals surface area contributed by atoms with Crippen LogP contribution in [0.3, 0.4) is 0 Å². The molecule has 1 atom stereocenters. The van der Waals surface area contributed by atoms with Crippen LogP contribution in [0.4, 0.5) is 28.0 Å². The van der Waals surface area contributed by atoms with Gasteiger partial charge in [0.05, 0.1) is 5.69 Å². The first-order chi connectivity index (χ1) is 19.7. The number of alkyl halides is 3. The molecule has 1 unspecified atom stereocenters. The molecule has 0 spiro atoms. The molecule has 0 bridgehead atoms. The number of carbonyl (C=O) groups is 2. The van der Waals surface area contributed by atoms with Crippen LogP contribution in [0.25, 0.3) is 5.69 Å². The third kappa shape index (κ3) is 7.52. The second kappa shape index (κ2) is 12.0. The van der Waals surface area contributed by atoms with Crippen molar-refractivity contribution in [2.24, 2.45) is 0 Å². The highest BCUT2D eigenvalue weighted by Gasteiger charge is 2.36. The number of aliphatic hydroxyl groups is 1. The van der Waals surface area contributed by atoms with Crippen molar-refractivity contribution in [1.29, 1.82) is 0 Å². The number of aliphatic hydroxyl groups excluding tert-OH is 1. The average molecular weight is 585 g/mol. The Morgan fingerprint density at radius 2 is 1.69 bits per heavy atom. The number of hydrogen-bond donors (Lipinski definition) is 3. The van der Waals surface area contributed by atoms with Gasteiger partial charge in [-0.25, -0.2) is 13.9 Å². The van der Waals surface area contributed by atoms with E-state index in [0.717, 1.165) is 4.68 Å². The number of carbonyl (C=O) groups excluding carboxylic acids is 2. The highest BCUT2D eigenvalue weighted by Crippen LogP contribution is 2.31. The fraction of sp³-hybridized carbons (Fsp3) is 0.233. The second-order valence-electron chi connectivity index (χ2n) is 10.4. The van der Waals surface area contributed by atoms with Crippen molar-refractivity contribution < 1.29 is 37.0 Å². The molecule has 0 saturated carbocycles. The number of alkyl carbamates (subject to hydrolysis) is 1. The highest BCUT2D eigenvalue weighted by atomic mass is 19.4. The number of nitrogens with zero attached hydrogens (tertiary/aromatic N) is 2. The number of ether oxygens (including phenoxy) is 1. The summed E-state index contributed by atoms with van der Waals surface area (Å²) in [5.41, 5.74) is -1.24. The van der Waals surface area contributed by atoms with Gasteiger partial charge in [0.1, 0.15) is 24.2 Å². The van der Waals surface area contributed by atoms with Crippen molar-refractivity contribution >= 4 is 17.7 Å². The molecule has 1 aromatic heterocycles. The zero-order valence-electron chi connectivity index (χ0n) is 22.9. The Balaban J connectivity index is 1.60. The van der Waals surface area contributed by atoms with Gasteiger partial charge in [0, 0.05) is 22.9 Å². The van der Waals surface area contributed by atoms with Crippen LogP contribution in [0.15, 0.2) is 78.9 Å². The summed E-state index contributed by atoms with van der Waals surface area (Å²) >= 11 is 0. The average Bonchev–Trinajstić information content (AvgIpc) is 3.38.